The van der Waals surface area contributed by atoms with Gasteiger partial charge in [-0.25, -0.2) is 4.39 Å². The van der Waals surface area contributed by atoms with E-state index in [0.29, 0.717) is 38.5 Å². The van der Waals surface area contributed by atoms with Crippen LogP contribution in [0.15, 0.2) is 12.1 Å². The zero-order chi connectivity index (χ0) is 15.6. The molecular weight excluding hydrogens is 284 g/mol. The molecule has 0 spiro atoms. The molecule has 2 rings (SSSR count). The van der Waals surface area contributed by atoms with Crippen LogP contribution in [0.2, 0.25) is 0 Å². The van der Waals surface area contributed by atoms with Gasteiger partial charge in [0.25, 0.3) is 5.91 Å². The maximum absolute atomic E-state index is 14.0. The first kappa shape index (κ1) is 15.3. The molecule has 0 bridgehead atoms. The molecule has 1 aromatic rings. The van der Waals surface area contributed by atoms with Gasteiger partial charge < -0.3 is 10.6 Å². The van der Waals surface area contributed by atoms with E-state index in [-0.39, 0.29) is 5.92 Å². The van der Waals surface area contributed by atoms with Crippen LogP contribution in [0, 0.1) is 27.7 Å². The summed E-state index contributed by atoms with van der Waals surface area (Å²) in [6.07, 6.45) is 1.31. The zero-order valence-electron chi connectivity index (χ0n) is 11.2. The van der Waals surface area contributed by atoms with Crippen LogP contribution in [-0.4, -0.2) is 35.4 Å². The van der Waals surface area contributed by atoms with E-state index in [9.17, 15) is 23.7 Å². The first-order chi connectivity index (χ1) is 9.95. The summed E-state index contributed by atoms with van der Waals surface area (Å²) in [4.78, 5) is 23.2. The molecule has 1 amide bonds. The van der Waals surface area contributed by atoms with Crippen LogP contribution >= 0.6 is 0 Å². The highest BCUT2D eigenvalue weighted by Gasteiger charge is 2.31. The van der Waals surface area contributed by atoms with Gasteiger partial charge in [0.1, 0.15) is 11.4 Å². The first-order valence-electron chi connectivity index (χ1n) is 6.57. The number of carbonyl (C=O) groups is 1. The molecule has 1 heterocycles. The standard InChI is InChI=1S/C13H15F2N3O3/c14-9-1-2-10(18(20)21)12(15)11(9)13(19)17-5-3-8(7-16)4-6-17/h1-2,8H,3-7,16H2. The maximum Gasteiger partial charge on any atom is 0.305 e. The lowest BCUT2D eigenvalue weighted by atomic mass is 9.96. The predicted molar refractivity (Wildman–Crippen MR) is 70.7 cm³/mol. The lowest BCUT2D eigenvalue weighted by Gasteiger charge is -2.31. The van der Waals surface area contributed by atoms with E-state index in [2.05, 4.69) is 0 Å². The van der Waals surface area contributed by atoms with Crippen molar-refractivity contribution < 1.29 is 18.5 Å². The van der Waals surface area contributed by atoms with Gasteiger partial charge in [0.2, 0.25) is 5.82 Å². The number of amides is 1. The van der Waals surface area contributed by atoms with Gasteiger partial charge in [-0.05, 0) is 31.4 Å². The van der Waals surface area contributed by atoms with Crippen LogP contribution < -0.4 is 5.73 Å². The second-order valence-corrected chi connectivity index (χ2v) is 4.98. The molecule has 0 radical (unpaired) electrons. The van der Waals surface area contributed by atoms with Gasteiger partial charge in [-0.3, -0.25) is 14.9 Å². The van der Waals surface area contributed by atoms with Crippen molar-refractivity contribution in [3.63, 3.8) is 0 Å². The topological polar surface area (TPSA) is 89.5 Å². The largest absolute Gasteiger partial charge is 0.338 e. The van der Waals surface area contributed by atoms with Crippen LogP contribution in [0.3, 0.4) is 0 Å². The molecule has 1 fully saturated rings. The monoisotopic (exact) mass is 299 g/mol. The molecule has 114 valence electrons. The fourth-order valence-electron chi connectivity index (χ4n) is 2.41. The van der Waals surface area contributed by atoms with Gasteiger partial charge >= 0.3 is 5.69 Å². The van der Waals surface area contributed by atoms with Gasteiger partial charge in [-0.2, -0.15) is 4.39 Å². The van der Waals surface area contributed by atoms with E-state index < -0.39 is 33.7 Å². The van der Waals surface area contributed by atoms with Crippen molar-refractivity contribution in [2.24, 2.45) is 11.7 Å². The van der Waals surface area contributed by atoms with Crippen molar-refractivity contribution in [3.8, 4) is 0 Å². The van der Waals surface area contributed by atoms with Gasteiger partial charge in [-0.1, -0.05) is 0 Å². The van der Waals surface area contributed by atoms with Crippen molar-refractivity contribution in [2.75, 3.05) is 19.6 Å². The Morgan fingerprint density at radius 2 is 2.00 bits per heavy atom. The number of likely N-dealkylation sites (tertiary alicyclic amines) is 1. The second kappa shape index (κ2) is 6.13. The number of carbonyl (C=O) groups excluding carboxylic acids is 1. The minimum atomic E-state index is -1.43. The summed E-state index contributed by atoms with van der Waals surface area (Å²) in [6.45, 7) is 1.17. The van der Waals surface area contributed by atoms with E-state index in [1.165, 1.54) is 4.90 Å². The van der Waals surface area contributed by atoms with Gasteiger partial charge in [-0.15, -0.1) is 0 Å². The summed E-state index contributed by atoms with van der Waals surface area (Å²) in [5.41, 5.74) is 3.77. The molecule has 8 heteroatoms. The number of nitro groups is 1. The van der Waals surface area contributed by atoms with Gasteiger partial charge in [0, 0.05) is 19.2 Å². The number of hydrogen-bond acceptors (Lipinski definition) is 4. The molecule has 0 unspecified atom stereocenters. The van der Waals surface area contributed by atoms with Crippen LogP contribution in [0.1, 0.15) is 23.2 Å². The summed E-state index contributed by atoms with van der Waals surface area (Å²) < 4.78 is 27.7. The predicted octanol–water partition coefficient (Wildman–Crippen LogP) is 1.68. The number of halogens is 2. The Morgan fingerprint density at radius 3 is 2.52 bits per heavy atom. The normalized spacial score (nSPS) is 16.0. The molecule has 1 aliphatic rings. The summed E-state index contributed by atoms with van der Waals surface area (Å²) in [6, 6.07) is 1.45. The van der Waals surface area contributed by atoms with Crippen LogP contribution in [0.5, 0.6) is 0 Å². The Labute approximate surface area is 119 Å². The van der Waals surface area contributed by atoms with Gasteiger partial charge in [0.15, 0.2) is 0 Å². The Balaban J connectivity index is 2.27. The van der Waals surface area contributed by atoms with E-state index in [4.69, 9.17) is 5.73 Å². The van der Waals surface area contributed by atoms with Crippen LogP contribution in [0.25, 0.3) is 0 Å². The van der Waals surface area contributed by atoms with Crippen LogP contribution in [0.4, 0.5) is 14.5 Å². The van der Waals surface area contributed by atoms with E-state index >= 15 is 0 Å². The Kier molecular flexibility index (Phi) is 4.46. The highest BCUT2D eigenvalue weighted by Crippen LogP contribution is 2.26. The third-order valence-corrected chi connectivity index (χ3v) is 3.72. The highest BCUT2D eigenvalue weighted by molar-refractivity contribution is 5.95. The summed E-state index contributed by atoms with van der Waals surface area (Å²) in [5, 5.41) is 10.7. The maximum atomic E-state index is 14.0. The second-order valence-electron chi connectivity index (χ2n) is 4.98. The van der Waals surface area contributed by atoms with Crippen molar-refractivity contribution in [2.45, 2.75) is 12.8 Å². The van der Waals surface area contributed by atoms with E-state index in [1.54, 1.807) is 0 Å². The molecular formula is C13H15F2N3O3. The van der Waals surface area contributed by atoms with Crippen molar-refractivity contribution in [1.82, 2.24) is 4.90 Å². The molecule has 6 nitrogen and oxygen atoms in total. The average molecular weight is 299 g/mol. The number of nitro benzene ring substituents is 1. The number of benzene rings is 1. The molecule has 0 aliphatic carbocycles. The summed E-state index contributed by atoms with van der Waals surface area (Å²) in [5.74, 6) is -3.09. The Bertz CT molecular complexity index is 572. The lowest BCUT2D eigenvalue weighted by molar-refractivity contribution is -0.387. The summed E-state index contributed by atoms with van der Waals surface area (Å²) >= 11 is 0. The highest BCUT2D eigenvalue weighted by atomic mass is 19.1. The number of hydrogen-bond donors (Lipinski definition) is 1. The van der Waals surface area contributed by atoms with Crippen molar-refractivity contribution in [1.29, 1.82) is 0 Å². The molecule has 2 N–H and O–H groups in total. The third kappa shape index (κ3) is 2.99. The van der Waals surface area contributed by atoms with Gasteiger partial charge in [0.05, 0.1) is 4.92 Å². The summed E-state index contributed by atoms with van der Waals surface area (Å²) in [7, 11) is 0. The third-order valence-electron chi connectivity index (χ3n) is 3.72. The molecule has 21 heavy (non-hydrogen) atoms. The van der Waals surface area contributed by atoms with Crippen LogP contribution in [-0.2, 0) is 0 Å². The fourth-order valence-corrected chi connectivity index (χ4v) is 2.41. The quantitative estimate of drug-likeness (QED) is 0.679. The smallest absolute Gasteiger partial charge is 0.305 e. The molecule has 1 aromatic carbocycles. The number of nitrogens with two attached hydrogens (primary N) is 1. The lowest BCUT2D eigenvalue weighted by Crippen LogP contribution is -2.40. The first-order valence-corrected chi connectivity index (χ1v) is 6.57. The number of nitrogens with zero attached hydrogens (tertiary/aromatic N) is 2. The van der Waals surface area contributed by atoms with Crippen molar-refractivity contribution >= 4 is 11.6 Å². The molecule has 0 atom stereocenters. The SMILES string of the molecule is NCC1CCN(C(=O)c2c(F)ccc([N+](=O)[O-])c2F)CC1. The number of piperidine rings is 1. The minimum Gasteiger partial charge on any atom is -0.338 e. The van der Waals surface area contributed by atoms with Crippen molar-refractivity contribution in [3.05, 3.63) is 39.4 Å². The Morgan fingerprint density at radius 1 is 1.38 bits per heavy atom. The molecule has 0 saturated carbocycles. The molecule has 1 aliphatic heterocycles. The fraction of sp³-hybridized carbons (Fsp3) is 0.462. The zero-order valence-corrected chi connectivity index (χ0v) is 11.2. The van der Waals surface area contributed by atoms with E-state index in [0.717, 1.165) is 6.07 Å². The molecule has 1 saturated heterocycles. The number of rotatable bonds is 3. The Hall–Kier alpha value is -2.09. The minimum absolute atomic E-state index is 0.286. The molecule has 0 aromatic heterocycles. The van der Waals surface area contributed by atoms with E-state index in [1.807, 2.05) is 0 Å². The average Bonchev–Trinajstić information content (AvgIpc) is 2.46.